The van der Waals surface area contributed by atoms with Crippen LogP contribution in [-0.4, -0.2) is 32.5 Å². The molecule has 1 aliphatic heterocycles. The zero-order chi connectivity index (χ0) is 17.4. The van der Waals surface area contributed by atoms with E-state index in [1.165, 1.54) is 0 Å². The summed E-state index contributed by atoms with van der Waals surface area (Å²) in [4.78, 5) is 19.2. The van der Waals surface area contributed by atoms with E-state index >= 15 is 0 Å². The number of nitrogens with one attached hydrogen (secondary N) is 1. The first-order valence-corrected chi connectivity index (χ1v) is 8.29. The van der Waals surface area contributed by atoms with Crippen molar-refractivity contribution in [3.05, 3.63) is 58.9 Å². The van der Waals surface area contributed by atoms with Crippen LogP contribution in [0.15, 0.2) is 36.5 Å². The number of hydrogen-bond acceptors (Lipinski definition) is 4. The number of benzene rings is 1. The molecule has 1 saturated heterocycles. The number of aryl methyl sites for hydroxylation is 1. The summed E-state index contributed by atoms with van der Waals surface area (Å²) >= 11 is 0. The predicted molar refractivity (Wildman–Crippen MR) is 92.8 cm³/mol. The number of H-pyrrole nitrogens is 1. The molecule has 1 amide bonds. The summed E-state index contributed by atoms with van der Waals surface area (Å²) in [5.41, 5.74) is 3.81. The van der Waals surface area contributed by atoms with Gasteiger partial charge in [0.05, 0.1) is 28.9 Å². The summed E-state index contributed by atoms with van der Waals surface area (Å²) in [5.74, 6) is -0.0122. The molecule has 1 fully saturated rings. The molecule has 0 unspecified atom stereocenters. The number of nitriles is 1. The topological polar surface area (TPSA) is 85.7 Å². The van der Waals surface area contributed by atoms with Crippen LogP contribution >= 0.6 is 0 Å². The molecule has 1 aliphatic rings. The molecule has 124 valence electrons. The molecule has 0 bridgehead atoms. The Kier molecular flexibility index (Phi) is 3.69. The van der Waals surface area contributed by atoms with Gasteiger partial charge in [-0.05, 0) is 43.5 Å². The monoisotopic (exact) mass is 331 g/mol. The third-order valence-corrected chi connectivity index (χ3v) is 4.79. The van der Waals surface area contributed by atoms with Crippen molar-refractivity contribution < 1.29 is 4.79 Å². The molecule has 6 nitrogen and oxygen atoms in total. The molecule has 1 N–H and O–H groups in total. The number of carbonyl (C=O) groups is 1. The first kappa shape index (κ1) is 15.3. The number of carbonyl (C=O) groups excluding carboxylic acids is 1. The van der Waals surface area contributed by atoms with E-state index in [9.17, 15) is 4.79 Å². The minimum absolute atomic E-state index is 0.0122. The second-order valence-electron chi connectivity index (χ2n) is 6.32. The summed E-state index contributed by atoms with van der Waals surface area (Å²) in [5, 5.41) is 16.8. The number of nitrogens with zero attached hydrogens (tertiary/aromatic N) is 4. The van der Waals surface area contributed by atoms with E-state index < -0.39 is 0 Å². The molecule has 0 spiro atoms. The second kappa shape index (κ2) is 6.02. The van der Waals surface area contributed by atoms with Crippen molar-refractivity contribution in [1.82, 2.24) is 20.1 Å². The highest BCUT2D eigenvalue weighted by atomic mass is 16.2. The highest BCUT2D eigenvalue weighted by molar-refractivity contribution is 5.97. The fourth-order valence-electron chi connectivity index (χ4n) is 3.45. The molecule has 3 aromatic rings. The summed E-state index contributed by atoms with van der Waals surface area (Å²) in [6.07, 6.45) is 3.51. The Morgan fingerprint density at radius 2 is 2.16 bits per heavy atom. The van der Waals surface area contributed by atoms with Gasteiger partial charge in [-0.15, -0.1) is 0 Å². The van der Waals surface area contributed by atoms with Gasteiger partial charge in [0, 0.05) is 18.1 Å². The maximum absolute atomic E-state index is 13.0. The van der Waals surface area contributed by atoms with E-state index in [1.54, 1.807) is 18.3 Å². The maximum Gasteiger partial charge on any atom is 0.255 e. The lowest BCUT2D eigenvalue weighted by Crippen LogP contribution is -2.30. The van der Waals surface area contributed by atoms with Gasteiger partial charge in [-0.3, -0.25) is 9.89 Å². The number of aromatic nitrogens is 3. The van der Waals surface area contributed by atoms with Crippen molar-refractivity contribution in [3.63, 3.8) is 0 Å². The zero-order valence-electron chi connectivity index (χ0n) is 13.9. The summed E-state index contributed by atoms with van der Waals surface area (Å²) in [6, 6.07) is 11.5. The van der Waals surface area contributed by atoms with E-state index in [1.807, 2.05) is 30.0 Å². The Bertz CT molecular complexity index is 983. The quantitative estimate of drug-likeness (QED) is 0.782. The molecule has 4 rings (SSSR count). The molecule has 1 aromatic carbocycles. The van der Waals surface area contributed by atoms with Crippen LogP contribution in [0.3, 0.4) is 0 Å². The van der Waals surface area contributed by atoms with Crippen LogP contribution in [0.4, 0.5) is 0 Å². The van der Waals surface area contributed by atoms with Crippen molar-refractivity contribution >= 4 is 16.9 Å². The average Bonchev–Trinajstić information content (AvgIpc) is 3.28. The Morgan fingerprint density at radius 1 is 1.36 bits per heavy atom. The van der Waals surface area contributed by atoms with Gasteiger partial charge in [0.2, 0.25) is 0 Å². The van der Waals surface area contributed by atoms with E-state index in [-0.39, 0.29) is 11.9 Å². The first-order chi connectivity index (χ1) is 12.2. The largest absolute Gasteiger partial charge is 0.332 e. The lowest BCUT2D eigenvalue weighted by Gasteiger charge is -2.25. The van der Waals surface area contributed by atoms with E-state index in [2.05, 4.69) is 21.3 Å². The van der Waals surface area contributed by atoms with Gasteiger partial charge in [0.25, 0.3) is 5.91 Å². The molecular weight excluding hydrogens is 314 g/mol. The van der Waals surface area contributed by atoms with Crippen molar-refractivity contribution in [3.8, 4) is 6.07 Å². The molecular formula is C19H17N5O. The van der Waals surface area contributed by atoms with Gasteiger partial charge < -0.3 is 4.90 Å². The molecule has 25 heavy (non-hydrogen) atoms. The van der Waals surface area contributed by atoms with Crippen LogP contribution in [-0.2, 0) is 0 Å². The Hall–Kier alpha value is -3.20. The van der Waals surface area contributed by atoms with Crippen molar-refractivity contribution in [2.24, 2.45) is 0 Å². The van der Waals surface area contributed by atoms with Gasteiger partial charge in [-0.25, -0.2) is 4.98 Å². The van der Waals surface area contributed by atoms with Crippen LogP contribution in [0.5, 0.6) is 0 Å². The summed E-state index contributed by atoms with van der Waals surface area (Å²) < 4.78 is 0. The fraction of sp³-hybridized carbons (Fsp3) is 0.263. The van der Waals surface area contributed by atoms with Crippen LogP contribution in [0.2, 0.25) is 0 Å². The maximum atomic E-state index is 13.0. The Labute approximate surface area is 145 Å². The van der Waals surface area contributed by atoms with Gasteiger partial charge in [0.1, 0.15) is 0 Å². The van der Waals surface area contributed by atoms with Crippen molar-refractivity contribution in [2.75, 3.05) is 6.54 Å². The predicted octanol–water partition coefficient (Wildman–Crippen LogP) is 3.12. The van der Waals surface area contributed by atoms with Crippen LogP contribution in [0.1, 0.15) is 46.1 Å². The molecule has 1 atom stereocenters. The molecule has 3 heterocycles. The number of amides is 1. The van der Waals surface area contributed by atoms with Gasteiger partial charge in [-0.2, -0.15) is 10.4 Å². The van der Waals surface area contributed by atoms with Crippen molar-refractivity contribution in [2.45, 2.75) is 25.8 Å². The zero-order valence-corrected chi connectivity index (χ0v) is 13.9. The van der Waals surface area contributed by atoms with Crippen LogP contribution < -0.4 is 0 Å². The lowest BCUT2D eigenvalue weighted by molar-refractivity contribution is 0.0735. The second-order valence-corrected chi connectivity index (χ2v) is 6.32. The van der Waals surface area contributed by atoms with Crippen LogP contribution in [0, 0.1) is 18.3 Å². The number of hydrogen-bond donors (Lipinski definition) is 1. The molecule has 0 aliphatic carbocycles. The van der Waals surface area contributed by atoms with Gasteiger partial charge in [-0.1, -0.05) is 12.1 Å². The highest BCUT2D eigenvalue weighted by Crippen LogP contribution is 2.33. The van der Waals surface area contributed by atoms with Crippen LogP contribution in [0.25, 0.3) is 11.0 Å². The Morgan fingerprint density at radius 3 is 2.92 bits per heavy atom. The highest BCUT2D eigenvalue weighted by Gasteiger charge is 2.31. The van der Waals surface area contributed by atoms with E-state index in [4.69, 9.17) is 5.26 Å². The standard InChI is InChI=1S/C19H17N5O/c1-12-16-9-15(11-21-18(16)23-22-12)19(25)24-8-2-3-17(24)14-6-4-13(10-20)5-7-14/h4-7,9,11,17H,2-3,8H2,1H3,(H,21,22,23)/t17-/m0/s1. The number of likely N-dealkylation sites (tertiary alicyclic amines) is 1. The van der Waals surface area contributed by atoms with E-state index in [0.717, 1.165) is 36.0 Å². The van der Waals surface area contributed by atoms with Gasteiger partial charge >= 0.3 is 0 Å². The number of aromatic amines is 1. The summed E-state index contributed by atoms with van der Waals surface area (Å²) in [6.45, 7) is 2.62. The minimum Gasteiger partial charge on any atom is -0.332 e. The molecule has 0 radical (unpaired) electrons. The number of rotatable bonds is 2. The summed E-state index contributed by atoms with van der Waals surface area (Å²) in [7, 11) is 0. The fourth-order valence-corrected chi connectivity index (χ4v) is 3.45. The Balaban J connectivity index is 1.65. The van der Waals surface area contributed by atoms with E-state index in [0.29, 0.717) is 16.8 Å². The molecule has 0 saturated carbocycles. The SMILES string of the molecule is Cc1n[nH]c2ncc(C(=O)N3CCC[C@H]3c3ccc(C#N)cc3)cc12. The van der Waals surface area contributed by atoms with Gasteiger partial charge in [0.15, 0.2) is 5.65 Å². The number of pyridine rings is 1. The number of fused-ring (bicyclic) bond motifs is 1. The smallest absolute Gasteiger partial charge is 0.255 e. The first-order valence-electron chi connectivity index (χ1n) is 8.29. The molecule has 6 heteroatoms. The third-order valence-electron chi connectivity index (χ3n) is 4.79. The minimum atomic E-state index is -0.0122. The average molecular weight is 331 g/mol. The normalized spacial score (nSPS) is 17.0. The van der Waals surface area contributed by atoms with Crippen molar-refractivity contribution in [1.29, 1.82) is 5.26 Å². The third kappa shape index (κ3) is 2.64. The molecule has 2 aromatic heterocycles. The lowest BCUT2D eigenvalue weighted by atomic mass is 10.0.